The Balaban J connectivity index is 1.42. The molecular formula is C26H44O8. The van der Waals surface area contributed by atoms with E-state index in [1.54, 1.807) is 0 Å². The van der Waals surface area contributed by atoms with Crippen molar-refractivity contribution >= 4 is 0 Å². The van der Waals surface area contributed by atoms with Gasteiger partial charge in [0.05, 0.1) is 25.4 Å². The zero-order valence-corrected chi connectivity index (χ0v) is 20.9. The number of allylic oxidation sites excluding steroid dienone is 2. The molecule has 0 aromatic heterocycles. The number of ether oxygens (including phenoxy) is 2. The molecule has 8 nitrogen and oxygen atoms in total. The molecule has 3 aliphatic carbocycles. The number of aliphatic hydroxyl groups is 6. The first-order valence-electron chi connectivity index (χ1n) is 12.8. The van der Waals surface area contributed by atoms with Gasteiger partial charge in [0.2, 0.25) is 0 Å². The van der Waals surface area contributed by atoms with Gasteiger partial charge in [-0.2, -0.15) is 0 Å². The minimum Gasteiger partial charge on any atom is -0.394 e. The van der Waals surface area contributed by atoms with Crippen LogP contribution in [0.1, 0.15) is 66.2 Å². The van der Waals surface area contributed by atoms with Crippen molar-refractivity contribution in [1.82, 2.24) is 0 Å². The lowest BCUT2D eigenvalue weighted by Crippen LogP contribution is -2.59. The molecule has 0 aromatic rings. The van der Waals surface area contributed by atoms with Crippen molar-refractivity contribution in [3.8, 4) is 0 Å². The highest BCUT2D eigenvalue weighted by Gasteiger charge is 2.57. The van der Waals surface area contributed by atoms with Crippen molar-refractivity contribution in [3.05, 3.63) is 11.6 Å². The smallest absolute Gasteiger partial charge is 0.186 e. The van der Waals surface area contributed by atoms with Crippen LogP contribution in [0.5, 0.6) is 0 Å². The first kappa shape index (κ1) is 26.5. The second kappa shape index (κ2) is 9.38. The summed E-state index contributed by atoms with van der Waals surface area (Å²) >= 11 is 0. The summed E-state index contributed by atoms with van der Waals surface area (Å²) in [5.41, 5.74) is 1.09. The second-order valence-electron chi connectivity index (χ2n) is 12.6. The van der Waals surface area contributed by atoms with Gasteiger partial charge in [0.1, 0.15) is 24.4 Å². The molecule has 0 unspecified atom stereocenters. The molecule has 11 atom stereocenters. The molecular weight excluding hydrogens is 440 g/mol. The summed E-state index contributed by atoms with van der Waals surface area (Å²) in [7, 11) is 0. The van der Waals surface area contributed by atoms with Gasteiger partial charge < -0.3 is 40.1 Å². The topological polar surface area (TPSA) is 140 Å². The average molecular weight is 485 g/mol. The van der Waals surface area contributed by atoms with Crippen molar-refractivity contribution < 1.29 is 40.1 Å². The van der Waals surface area contributed by atoms with Crippen LogP contribution in [0.4, 0.5) is 0 Å². The zero-order valence-electron chi connectivity index (χ0n) is 20.9. The second-order valence-corrected chi connectivity index (χ2v) is 12.6. The van der Waals surface area contributed by atoms with Gasteiger partial charge in [-0.05, 0) is 66.6 Å². The SMILES string of the molecule is CC1(C)C[C@@H](O)C[C@@]2(C)[C@@H]3CC[C@](C)([C@H](O)CO[C@@H]4O[C@H](CO)[C@@H](O)[C@H](O)[C@H]4O)CC3=CC[C@H]12. The Labute approximate surface area is 202 Å². The maximum atomic E-state index is 11.1. The normalized spacial score (nSPS) is 49.5. The van der Waals surface area contributed by atoms with Crippen LogP contribution in [0.25, 0.3) is 0 Å². The fourth-order valence-electron chi connectivity index (χ4n) is 7.79. The van der Waals surface area contributed by atoms with E-state index in [9.17, 15) is 30.6 Å². The van der Waals surface area contributed by atoms with Crippen LogP contribution in [0, 0.1) is 28.1 Å². The van der Waals surface area contributed by atoms with E-state index in [0.29, 0.717) is 11.8 Å². The van der Waals surface area contributed by atoms with Crippen molar-refractivity contribution in [2.75, 3.05) is 13.2 Å². The molecule has 1 aliphatic heterocycles. The number of hydrogen-bond acceptors (Lipinski definition) is 8. The van der Waals surface area contributed by atoms with Gasteiger partial charge in [0, 0.05) is 0 Å². The Bertz CT molecular complexity index is 768. The van der Waals surface area contributed by atoms with E-state index in [4.69, 9.17) is 9.47 Å². The molecule has 34 heavy (non-hydrogen) atoms. The lowest BCUT2D eigenvalue weighted by atomic mass is 9.45. The van der Waals surface area contributed by atoms with Crippen LogP contribution in [-0.4, -0.2) is 86.8 Å². The highest BCUT2D eigenvalue weighted by molar-refractivity contribution is 5.24. The molecule has 3 fully saturated rings. The summed E-state index contributed by atoms with van der Waals surface area (Å²) in [5, 5.41) is 61.3. The van der Waals surface area contributed by atoms with E-state index < -0.39 is 48.8 Å². The minimum absolute atomic E-state index is 0.0460. The molecule has 0 amide bonds. The first-order valence-corrected chi connectivity index (χ1v) is 12.8. The maximum absolute atomic E-state index is 11.1. The Hall–Kier alpha value is -0.580. The lowest BCUT2D eigenvalue weighted by molar-refractivity contribution is -0.306. The molecule has 0 radical (unpaired) electrons. The summed E-state index contributed by atoms with van der Waals surface area (Å²) < 4.78 is 11.1. The number of fused-ring (bicyclic) bond motifs is 3. The van der Waals surface area contributed by atoms with Crippen LogP contribution in [0.3, 0.4) is 0 Å². The fourth-order valence-corrected chi connectivity index (χ4v) is 7.79. The third kappa shape index (κ3) is 4.50. The minimum atomic E-state index is -1.50. The Kier molecular flexibility index (Phi) is 7.30. The van der Waals surface area contributed by atoms with E-state index in [0.717, 1.165) is 38.5 Å². The molecule has 1 heterocycles. The van der Waals surface area contributed by atoms with Crippen LogP contribution in [0.15, 0.2) is 11.6 Å². The van der Waals surface area contributed by atoms with Gasteiger partial charge in [-0.25, -0.2) is 0 Å². The van der Waals surface area contributed by atoms with E-state index in [1.807, 2.05) is 0 Å². The molecule has 2 saturated carbocycles. The molecule has 0 aromatic carbocycles. The maximum Gasteiger partial charge on any atom is 0.186 e. The van der Waals surface area contributed by atoms with Crippen LogP contribution in [-0.2, 0) is 9.47 Å². The average Bonchev–Trinajstić information content (AvgIpc) is 2.75. The van der Waals surface area contributed by atoms with Crippen molar-refractivity contribution in [2.45, 2.75) is 109 Å². The quantitative estimate of drug-likeness (QED) is 0.319. The van der Waals surface area contributed by atoms with E-state index >= 15 is 0 Å². The van der Waals surface area contributed by atoms with E-state index in [1.165, 1.54) is 5.57 Å². The number of rotatable bonds is 5. The summed E-state index contributed by atoms with van der Waals surface area (Å²) in [5.74, 6) is 0.924. The van der Waals surface area contributed by atoms with E-state index in [-0.39, 0.29) is 23.5 Å². The van der Waals surface area contributed by atoms with E-state index in [2.05, 4.69) is 33.8 Å². The lowest BCUT2D eigenvalue weighted by Gasteiger charge is -2.60. The van der Waals surface area contributed by atoms with Gasteiger partial charge in [0.25, 0.3) is 0 Å². The molecule has 4 rings (SSSR count). The standard InChI is InChI=1S/C26H44O8/c1-24(2)10-15(28)11-26(4)16-7-8-25(3,9-14(16)5-6-18(24)26)19(29)13-33-23-22(32)21(31)20(30)17(12-27)34-23/h5,15-23,27-32H,6-13H2,1-4H3/t15-,16-,17-,18-,19-,20-,21+,22-,23-,25+,26+/m1/s1. The first-order chi connectivity index (χ1) is 15.8. The molecule has 1 saturated heterocycles. The summed E-state index contributed by atoms with van der Waals surface area (Å²) in [6, 6.07) is 0. The van der Waals surface area contributed by atoms with Crippen LogP contribution in [0.2, 0.25) is 0 Å². The summed E-state index contributed by atoms with van der Waals surface area (Å²) in [6.45, 7) is 8.35. The van der Waals surface area contributed by atoms with Gasteiger partial charge in [0.15, 0.2) is 6.29 Å². The number of hydrogen-bond donors (Lipinski definition) is 6. The van der Waals surface area contributed by atoms with Crippen LogP contribution >= 0.6 is 0 Å². The monoisotopic (exact) mass is 484 g/mol. The molecule has 6 N–H and O–H groups in total. The molecule has 0 bridgehead atoms. The fraction of sp³-hybridized carbons (Fsp3) is 0.923. The highest BCUT2D eigenvalue weighted by atomic mass is 16.7. The predicted octanol–water partition coefficient (Wildman–Crippen LogP) is 1.10. The molecule has 8 heteroatoms. The summed E-state index contributed by atoms with van der Waals surface area (Å²) in [4.78, 5) is 0. The Morgan fingerprint density at radius 3 is 2.44 bits per heavy atom. The highest BCUT2D eigenvalue weighted by Crippen LogP contribution is 2.63. The third-order valence-corrected chi connectivity index (χ3v) is 9.72. The van der Waals surface area contributed by atoms with Gasteiger partial charge in [-0.3, -0.25) is 0 Å². The largest absolute Gasteiger partial charge is 0.394 e. The van der Waals surface area contributed by atoms with Gasteiger partial charge in [-0.1, -0.05) is 39.3 Å². The predicted molar refractivity (Wildman–Crippen MR) is 124 cm³/mol. The van der Waals surface area contributed by atoms with Crippen molar-refractivity contribution in [1.29, 1.82) is 0 Å². The molecule has 196 valence electrons. The van der Waals surface area contributed by atoms with Crippen LogP contribution < -0.4 is 0 Å². The molecule has 0 spiro atoms. The van der Waals surface area contributed by atoms with Gasteiger partial charge >= 0.3 is 0 Å². The third-order valence-electron chi connectivity index (χ3n) is 9.72. The molecule has 4 aliphatic rings. The van der Waals surface area contributed by atoms with Crippen molar-refractivity contribution in [3.63, 3.8) is 0 Å². The number of aliphatic hydroxyl groups excluding tert-OH is 6. The Morgan fingerprint density at radius 1 is 1.06 bits per heavy atom. The zero-order chi connectivity index (χ0) is 25.1. The van der Waals surface area contributed by atoms with Crippen molar-refractivity contribution in [2.24, 2.45) is 28.1 Å². The summed E-state index contributed by atoms with van der Waals surface area (Å²) in [6.07, 6.45) is -0.272. The van der Waals surface area contributed by atoms with Gasteiger partial charge in [-0.15, -0.1) is 0 Å². The Morgan fingerprint density at radius 2 is 1.76 bits per heavy atom.